The molecule has 124 valence electrons. The summed E-state index contributed by atoms with van der Waals surface area (Å²) in [4.78, 5) is 33.8. The van der Waals surface area contributed by atoms with Crippen molar-refractivity contribution in [2.24, 2.45) is 27.6 Å². The number of rotatable bonds is 4. The quantitative estimate of drug-likeness (QED) is 0.468. The van der Waals surface area contributed by atoms with Crippen LogP contribution in [0.2, 0.25) is 0 Å². The molecule has 0 spiro atoms. The Balaban J connectivity index is 3.76. The lowest BCUT2D eigenvalue weighted by molar-refractivity contribution is -0.403. The van der Waals surface area contributed by atoms with Crippen molar-refractivity contribution >= 4 is 11.9 Å². The zero-order valence-electron chi connectivity index (χ0n) is 13.7. The Morgan fingerprint density at radius 2 is 1.50 bits per heavy atom. The van der Waals surface area contributed by atoms with Gasteiger partial charge in [-0.25, -0.2) is 0 Å². The van der Waals surface area contributed by atoms with E-state index in [1.165, 1.54) is 6.08 Å². The van der Waals surface area contributed by atoms with Crippen molar-refractivity contribution in [1.29, 1.82) is 0 Å². The summed E-state index contributed by atoms with van der Waals surface area (Å²) in [6.45, 7) is 10.4. The van der Waals surface area contributed by atoms with E-state index in [9.17, 15) is 29.9 Å². The van der Waals surface area contributed by atoms with Gasteiger partial charge in [0.1, 0.15) is 0 Å². The molecule has 1 aliphatic carbocycles. The number of allylic oxidation sites excluding steroid dienone is 1. The van der Waals surface area contributed by atoms with Gasteiger partial charge < -0.3 is 10.2 Å². The van der Waals surface area contributed by atoms with Gasteiger partial charge in [-0.2, -0.15) is 0 Å². The van der Waals surface area contributed by atoms with Gasteiger partial charge >= 0.3 is 11.9 Å². The molecule has 0 aromatic rings. The summed E-state index contributed by atoms with van der Waals surface area (Å²) in [6, 6.07) is 0. The maximum atomic E-state index is 11.9. The summed E-state index contributed by atoms with van der Waals surface area (Å²) in [5.74, 6) is -3.68. The normalized spacial score (nSPS) is 27.6. The van der Waals surface area contributed by atoms with Gasteiger partial charge in [0.15, 0.2) is 5.41 Å². The second-order valence-electron chi connectivity index (χ2n) is 7.94. The van der Waals surface area contributed by atoms with Gasteiger partial charge in [0.05, 0.1) is 4.92 Å². The van der Waals surface area contributed by atoms with Gasteiger partial charge in [0, 0.05) is 11.3 Å². The second kappa shape index (κ2) is 4.79. The lowest BCUT2D eigenvalue weighted by atomic mass is 9.70. The molecule has 1 aliphatic rings. The molecule has 0 aromatic carbocycles. The lowest BCUT2D eigenvalue weighted by Crippen LogP contribution is -2.37. The van der Waals surface area contributed by atoms with Crippen LogP contribution >= 0.6 is 0 Å². The molecule has 7 heteroatoms. The Kier molecular flexibility index (Phi) is 3.95. The summed E-state index contributed by atoms with van der Waals surface area (Å²) in [6.07, 6.45) is 1.84. The third-order valence-corrected chi connectivity index (χ3v) is 4.70. The Labute approximate surface area is 129 Å². The van der Waals surface area contributed by atoms with Crippen LogP contribution in [0.15, 0.2) is 12.3 Å². The van der Waals surface area contributed by atoms with Crippen LogP contribution in [0.4, 0.5) is 0 Å². The molecule has 22 heavy (non-hydrogen) atoms. The molecule has 0 radical (unpaired) electrons. The zero-order chi connectivity index (χ0) is 17.7. The summed E-state index contributed by atoms with van der Waals surface area (Å²) in [7, 11) is 0. The Morgan fingerprint density at radius 3 is 1.68 bits per heavy atom. The van der Waals surface area contributed by atoms with Crippen molar-refractivity contribution < 1.29 is 24.7 Å². The minimum Gasteiger partial charge on any atom is -0.480 e. The van der Waals surface area contributed by atoms with E-state index in [-0.39, 0.29) is 0 Å². The number of carboxylic acid groups (broad SMARTS) is 2. The number of hydrogen-bond acceptors (Lipinski definition) is 4. The molecule has 0 heterocycles. The number of carbonyl (C=O) groups is 2. The molecule has 2 atom stereocenters. The van der Waals surface area contributed by atoms with Crippen molar-refractivity contribution in [3.05, 3.63) is 22.4 Å². The zero-order valence-corrected chi connectivity index (χ0v) is 13.7. The fourth-order valence-corrected chi connectivity index (χ4v) is 4.20. The predicted octanol–water partition coefficient (Wildman–Crippen LogP) is 2.64. The Morgan fingerprint density at radius 1 is 1.09 bits per heavy atom. The SMILES string of the molecule is CC(C)(C)C1C(C(=O)O)(C(=O)O)C1(/C=C/[N+](=O)[O-])C(C)(C)C. The number of nitrogens with zero attached hydrogens (tertiary/aromatic N) is 1. The van der Waals surface area contributed by atoms with Crippen LogP contribution in [0.25, 0.3) is 0 Å². The molecule has 2 N–H and O–H groups in total. The van der Waals surface area contributed by atoms with Crippen LogP contribution in [-0.4, -0.2) is 27.1 Å². The van der Waals surface area contributed by atoms with Crippen molar-refractivity contribution in [1.82, 2.24) is 0 Å². The van der Waals surface area contributed by atoms with Crippen LogP contribution in [0.5, 0.6) is 0 Å². The smallest absolute Gasteiger partial charge is 0.322 e. The maximum Gasteiger partial charge on any atom is 0.322 e. The van der Waals surface area contributed by atoms with Crippen LogP contribution in [0.1, 0.15) is 41.5 Å². The fraction of sp³-hybridized carbons (Fsp3) is 0.733. The summed E-state index contributed by atoms with van der Waals surface area (Å²) in [5.41, 5.74) is -4.85. The number of carboxylic acids is 2. The molecule has 0 aliphatic heterocycles. The second-order valence-corrected chi connectivity index (χ2v) is 7.94. The van der Waals surface area contributed by atoms with Gasteiger partial charge in [0.25, 0.3) is 0 Å². The van der Waals surface area contributed by atoms with Crippen LogP contribution in [-0.2, 0) is 9.59 Å². The first-order chi connectivity index (χ1) is 9.67. The van der Waals surface area contributed by atoms with Gasteiger partial charge in [0.2, 0.25) is 6.20 Å². The molecule has 0 aromatic heterocycles. The molecule has 1 saturated carbocycles. The van der Waals surface area contributed by atoms with Crippen LogP contribution in [0, 0.1) is 37.7 Å². The van der Waals surface area contributed by atoms with E-state index >= 15 is 0 Å². The molecule has 2 unspecified atom stereocenters. The van der Waals surface area contributed by atoms with E-state index in [0.717, 1.165) is 0 Å². The summed E-state index contributed by atoms with van der Waals surface area (Å²) in [5, 5.41) is 30.1. The molecular formula is C15H23NO6. The molecular weight excluding hydrogens is 290 g/mol. The van der Waals surface area contributed by atoms with Crippen molar-refractivity contribution in [2.75, 3.05) is 0 Å². The monoisotopic (exact) mass is 313 g/mol. The van der Waals surface area contributed by atoms with Crippen LogP contribution < -0.4 is 0 Å². The van der Waals surface area contributed by atoms with Gasteiger partial charge in [-0.15, -0.1) is 0 Å². The average molecular weight is 313 g/mol. The van der Waals surface area contributed by atoms with E-state index in [0.29, 0.717) is 6.20 Å². The molecule has 1 fully saturated rings. The van der Waals surface area contributed by atoms with Crippen molar-refractivity contribution in [3.63, 3.8) is 0 Å². The van der Waals surface area contributed by atoms with Gasteiger partial charge in [-0.05, 0) is 16.9 Å². The van der Waals surface area contributed by atoms with E-state index in [2.05, 4.69) is 0 Å². The Hall–Kier alpha value is -1.92. The lowest BCUT2D eigenvalue weighted by Gasteiger charge is -2.33. The number of nitro groups is 1. The fourth-order valence-electron chi connectivity index (χ4n) is 4.20. The molecule has 0 amide bonds. The highest BCUT2D eigenvalue weighted by Gasteiger charge is 2.89. The van der Waals surface area contributed by atoms with E-state index < -0.39 is 44.4 Å². The van der Waals surface area contributed by atoms with Crippen LogP contribution in [0.3, 0.4) is 0 Å². The minimum absolute atomic E-state index is 0.648. The maximum absolute atomic E-state index is 11.9. The van der Waals surface area contributed by atoms with E-state index in [1.54, 1.807) is 41.5 Å². The highest BCUT2D eigenvalue weighted by molar-refractivity contribution is 6.05. The summed E-state index contributed by atoms with van der Waals surface area (Å²) >= 11 is 0. The minimum atomic E-state index is -2.07. The van der Waals surface area contributed by atoms with Crippen molar-refractivity contribution in [3.8, 4) is 0 Å². The van der Waals surface area contributed by atoms with Gasteiger partial charge in [-0.1, -0.05) is 41.5 Å². The standard InChI is InChI=1S/C15H23NO6/c1-12(2,3)9-14(13(4,5)6,7-8-16(21)22)15(9,10(17)18)11(19)20/h7-9H,1-6H3,(H,17,18)(H,19,20)/b8-7+. The molecule has 0 bridgehead atoms. The van der Waals surface area contributed by atoms with E-state index in [4.69, 9.17) is 0 Å². The molecule has 0 saturated heterocycles. The highest BCUT2D eigenvalue weighted by Crippen LogP contribution is 2.81. The number of aliphatic carboxylic acids is 2. The first kappa shape index (κ1) is 18.1. The summed E-state index contributed by atoms with van der Waals surface area (Å²) < 4.78 is 0. The van der Waals surface area contributed by atoms with E-state index in [1.807, 2.05) is 0 Å². The highest BCUT2D eigenvalue weighted by atomic mass is 16.6. The average Bonchev–Trinajstić information content (AvgIpc) is 2.91. The topological polar surface area (TPSA) is 118 Å². The third-order valence-electron chi connectivity index (χ3n) is 4.70. The largest absolute Gasteiger partial charge is 0.480 e. The Bertz CT molecular complexity index is 537. The molecule has 7 nitrogen and oxygen atoms in total. The number of hydrogen-bond donors (Lipinski definition) is 2. The first-order valence-corrected chi connectivity index (χ1v) is 6.97. The predicted molar refractivity (Wildman–Crippen MR) is 78.7 cm³/mol. The van der Waals surface area contributed by atoms with Gasteiger partial charge in [-0.3, -0.25) is 19.7 Å². The molecule has 1 rings (SSSR count). The van der Waals surface area contributed by atoms with Crippen molar-refractivity contribution in [2.45, 2.75) is 41.5 Å². The first-order valence-electron chi connectivity index (χ1n) is 6.97. The third kappa shape index (κ3) is 2.10.